The Morgan fingerprint density at radius 2 is 2.35 bits per heavy atom. The molecule has 4 nitrogen and oxygen atoms in total. The molecule has 0 aliphatic heterocycles. The number of halogens is 1. The summed E-state index contributed by atoms with van der Waals surface area (Å²) in [6.07, 6.45) is 4.24. The lowest BCUT2D eigenvalue weighted by Gasteiger charge is -2.11. The summed E-state index contributed by atoms with van der Waals surface area (Å²) in [6.45, 7) is 0.711. The fraction of sp³-hybridized carbons (Fsp3) is 0.286. The lowest BCUT2D eigenvalue weighted by atomic mass is 10.2. The average molecular weight is 305 g/mol. The van der Waals surface area contributed by atoms with Crippen LogP contribution in [-0.2, 0) is 13.0 Å². The molecule has 102 valence electrons. The zero-order valence-corrected chi connectivity index (χ0v) is 12.3. The molecule has 3 aromatic heterocycles. The lowest BCUT2D eigenvalue weighted by Crippen LogP contribution is -2.20. The SMILES string of the molecule is Clc1cc2c(s1)CCC2NCc1nnc2ccccn12. The normalized spacial score (nSPS) is 17.8. The van der Waals surface area contributed by atoms with E-state index in [-0.39, 0.29) is 0 Å². The van der Waals surface area contributed by atoms with Crippen molar-refractivity contribution < 1.29 is 0 Å². The minimum Gasteiger partial charge on any atom is -0.303 e. The molecule has 0 saturated carbocycles. The van der Waals surface area contributed by atoms with Crippen LogP contribution in [0.25, 0.3) is 5.65 Å². The Kier molecular flexibility index (Phi) is 2.98. The number of thiophene rings is 1. The Hall–Kier alpha value is -1.43. The lowest BCUT2D eigenvalue weighted by molar-refractivity contribution is 0.517. The first-order valence-electron chi connectivity index (χ1n) is 6.61. The van der Waals surface area contributed by atoms with Crippen molar-refractivity contribution in [2.75, 3.05) is 0 Å². The largest absolute Gasteiger partial charge is 0.303 e. The first kappa shape index (κ1) is 12.3. The molecule has 0 bridgehead atoms. The van der Waals surface area contributed by atoms with Crippen LogP contribution in [0.1, 0.15) is 28.7 Å². The molecule has 1 atom stereocenters. The number of pyridine rings is 1. The van der Waals surface area contributed by atoms with Crippen molar-refractivity contribution >= 4 is 28.6 Å². The highest BCUT2D eigenvalue weighted by atomic mass is 35.5. The van der Waals surface area contributed by atoms with Crippen LogP contribution in [-0.4, -0.2) is 14.6 Å². The van der Waals surface area contributed by atoms with E-state index in [1.54, 1.807) is 11.3 Å². The second-order valence-electron chi connectivity index (χ2n) is 4.95. The molecule has 3 aromatic rings. The van der Waals surface area contributed by atoms with Crippen LogP contribution < -0.4 is 5.32 Å². The zero-order chi connectivity index (χ0) is 13.5. The molecule has 1 unspecified atom stereocenters. The van der Waals surface area contributed by atoms with Gasteiger partial charge < -0.3 is 5.32 Å². The fourth-order valence-corrected chi connectivity index (χ4v) is 4.13. The third-order valence-corrected chi connectivity index (χ3v) is 5.08. The highest BCUT2D eigenvalue weighted by molar-refractivity contribution is 7.16. The van der Waals surface area contributed by atoms with Gasteiger partial charge in [-0.25, -0.2) is 0 Å². The van der Waals surface area contributed by atoms with Crippen molar-refractivity contribution in [2.24, 2.45) is 0 Å². The van der Waals surface area contributed by atoms with E-state index in [0.29, 0.717) is 12.6 Å². The van der Waals surface area contributed by atoms with Gasteiger partial charge in [0.05, 0.1) is 10.9 Å². The quantitative estimate of drug-likeness (QED) is 0.808. The molecular weight excluding hydrogens is 292 g/mol. The van der Waals surface area contributed by atoms with Gasteiger partial charge in [-0.3, -0.25) is 4.40 Å². The van der Waals surface area contributed by atoms with Gasteiger partial charge in [0, 0.05) is 17.1 Å². The predicted molar refractivity (Wildman–Crippen MR) is 80.2 cm³/mol. The van der Waals surface area contributed by atoms with E-state index in [1.165, 1.54) is 10.4 Å². The number of aromatic nitrogens is 3. The Morgan fingerprint density at radius 1 is 1.40 bits per heavy atom. The van der Waals surface area contributed by atoms with Crippen LogP contribution in [0.2, 0.25) is 4.34 Å². The molecule has 3 heterocycles. The number of hydrogen-bond acceptors (Lipinski definition) is 4. The van der Waals surface area contributed by atoms with Crippen molar-refractivity contribution in [3.63, 3.8) is 0 Å². The minimum absolute atomic E-state index is 0.379. The smallest absolute Gasteiger partial charge is 0.160 e. The zero-order valence-electron chi connectivity index (χ0n) is 10.7. The summed E-state index contributed by atoms with van der Waals surface area (Å²) in [6, 6.07) is 8.39. The number of fused-ring (bicyclic) bond motifs is 2. The van der Waals surface area contributed by atoms with E-state index in [0.717, 1.165) is 28.6 Å². The van der Waals surface area contributed by atoms with Gasteiger partial charge in [0.2, 0.25) is 0 Å². The summed E-state index contributed by atoms with van der Waals surface area (Å²) in [4.78, 5) is 1.42. The summed E-state index contributed by atoms with van der Waals surface area (Å²) in [7, 11) is 0. The van der Waals surface area contributed by atoms with Gasteiger partial charge in [-0.2, -0.15) is 0 Å². The third kappa shape index (κ3) is 2.02. The standard InChI is InChI=1S/C14H13ClN4S/c15-12-7-9-10(4-5-11(9)20-12)16-8-14-18-17-13-3-1-2-6-19(13)14/h1-3,6-7,10,16H,4-5,8H2. The maximum atomic E-state index is 6.09. The van der Waals surface area contributed by atoms with Gasteiger partial charge >= 0.3 is 0 Å². The number of hydrogen-bond donors (Lipinski definition) is 1. The molecule has 1 aliphatic carbocycles. The van der Waals surface area contributed by atoms with Crippen LogP contribution in [0.3, 0.4) is 0 Å². The number of aryl methyl sites for hydroxylation is 1. The number of nitrogens with one attached hydrogen (secondary N) is 1. The van der Waals surface area contributed by atoms with Gasteiger partial charge in [0.1, 0.15) is 0 Å². The Morgan fingerprint density at radius 3 is 3.30 bits per heavy atom. The van der Waals surface area contributed by atoms with E-state index >= 15 is 0 Å². The van der Waals surface area contributed by atoms with E-state index in [9.17, 15) is 0 Å². The first-order chi connectivity index (χ1) is 9.81. The summed E-state index contributed by atoms with van der Waals surface area (Å²) in [5.41, 5.74) is 2.24. The molecule has 6 heteroatoms. The third-order valence-electron chi connectivity index (χ3n) is 3.74. The van der Waals surface area contributed by atoms with Gasteiger partial charge in [0.15, 0.2) is 11.5 Å². The van der Waals surface area contributed by atoms with Crippen molar-refractivity contribution in [2.45, 2.75) is 25.4 Å². The van der Waals surface area contributed by atoms with Crippen LogP contribution in [0.5, 0.6) is 0 Å². The summed E-state index contributed by atoms with van der Waals surface area (Å²) < 4.78 is 2.90. The van der Waals surface area contributed by atoms with Gasteiger partial charge in [-0.15, -0.1) is 21.5 Å². The summed E-state index contributed by atoms with van der Waals surface area (Å²) in [5.74, 6) is 0.940. The monoisotopic (exact) mass is 304 g/mol. The van der Waals surface area contributed by atoms with Crippen LogP contribution in [0.15, 0.2) is 30.5 Å². The molecule has 0 amide bonds. The number of rotatable bonds is 3. The minimum atomic E-state index is 0.379. The molecule has 1 aliphatic rings. The fourth-order valence-electron chi connectivity index (χ4n) is 2.77. The maximum absolute atomic E-state index is 6.09. The molecule has 4 rings (SSSR count). The van der Waals surface area contributed by atoms with Crippen LogP contribution in [0.4, 0.5) is 0 Å². The molecule has 0 spiro atoms. The maximum Gasteiger partial charge on any atom is 0.160 e. The van der Waals surface area contributed by atoms with Crippen LogP contribution >= 0.6 is 22.9 Å². The van der Waals surface area contributed by atoms with E-state index in [2.05, 4.69) is 21.6 Å². The molecule has 20 heavy (non-hydrogen) atoms. The van der Waals surface area contributed by atoms with Crippen molar-refractivity contribution in [3.05, 3.63) is 51.1 Å². The van der Waals surface area contributed by atoms with E-state index < -0.39 is 0 Å². The first-order valence-corrected chi connectivity index (χ1v) is 7.81. The molecule has 0 saturated heterocycles. The predicted octanol–water partition coefficient (Wildman–Crippen LogP) is 3.22. The topological polar surface area (TPSA) is 42.2 Å². The van der Waals surface area contributed by atoms with E-state index in [4.69, 9.17) is 11.6 Å². The van der Waals surface area contributed by atoms with Crippen molar-refractivity contribution in [1.29, 1.82) is 0 Å². The average Bonchev–Trinajstić information content (AvgIpc) is 3.11. The Labute approximate surface area is 125 Å². The molecule has 0 fully saturated rings. The Balaban J connectivity index is 1.54. The van der Waals surface area contributed by atoms with E-state index in [1.807, 2.05) is 28.8 Å². The molecule has 0 radical (unpaired) electrons. The summed E-state index contributed by atoms with van der Waals surface area (Å²) >= 11 is 7.78. The molecule has 1 N–H and O–H groups in total. The molecular formula is C14H13ClN4S. The second-order valence-corrected chi connectivity index (χ2v) is 6.71. The van der Waals surface area contributed by atoms with Crippen LogP contribution in [0, 0.1) is 0 Å². The van der Waals surface area contributed by atoms with Crippen molar-refractivity contribution in [1.82, 2.24) is 19.9 Å². The second kappa shape index (κ2) is 4.84. The summed E-state index contributed by atoms with van der Waals surface area (Å²) in [5, 5.41) is 12.0. The van der Waals surface area contributed by atoms with Gasteiger partial charge in [-0.1, -0.05) is 17.7 Å². The Bertz CT molecular complexity index is 763. The van der Waals surface area contributed by atoms with Crippen molar-refractivity contribution in [3.8, 4) is 0 Å². The highest BCUT2D eigenvalue weighted by Gasteiger charge is 2.24. The number of nitrogens with zero attached hydrogens (tertiary/aromatic N) is 3. The highest BCUT2D eigenvalue weighted by Crippen LogP contribution is 2.39. The van der Waals surface area contributed by atoms with Gasteiger partial charge in [0.25, 0.3) is 0 Å². The molecule has 0 aromatic carbocycles. The van der Waals surface area contributed by atoms with Gasteiger partial charge in [-0.05, 0) is 36.6 Å².